The number of nitrogens with two attached hydrogens (primary N) is 1. The standard InChI is InChI=1S/C13H20ClN3O/c1-2-17-12(11(14)8-16-17)13(18)10-5-3-9(7-15)4-6-10/h8-10H,2-7,15H2,1H3. The van der Waals surface area contributed by atoms with E-state index < -0.39 is 0 Å². The molecule has 1 heterocycles. The van der Waals surface area contributed by atoms with Crippen molar-refractivity contribution >= 4 is 17.4 Å². The Hall–Kier alpha value is -0.870. The van der Waals surface area contributed by atoms with Gasteiger partial charge in [0, 0.05) is 12.5 Å². The molecule has 5 heteroatoms. The van der Waals surface area contributed by atoms with Crippen molar-refractivity contribution in [2.75, 3.05) is 6.54 Å². The number of aryl methyl sites for hydroxylation is 1. The first-order valence-corrected chi connectivity index (χ1v) is 7.00. The van der Waals surface area contributed by atoms with Gasteiger partial charge in [-0.25, -0.2) is 0 Å². The van der Waals surface area contributed by atoms with E-state index in [2.05, 4.69) is 5.10 Å². The average molecular weight is 270 g/mol. The Morgan fingerprint density at radius 3 is 2.72 bits per heavy atom. The lowest BCUT2D eigenvalue weighted by molar-refractivity contribution is 0.0862. The molecule has 18 heavy (non-hydrogen) atoms. The monoisotopic (exact) mass is 269 g/mol. The van der Waals surface area contributed by atoms with Crippen LogP contribution >= 0.6 is 11.6 Å². The van der Waals surface area contributed by atoms with E-state index >= 15 is 0 Å². The number of nitrogens with zero attached hydrogens (tertiary/aromatic N) is 2. The molecule has 0 spiro atoms. The van der Waals surface area contributed by atoms with Gasteiger partial charge in [-0.15, -0.1) is 0 Å². The Morgan fingerprint density at radius 2 is 2.17 bits per heavy atom. The average Bonchev–Trinajstić information content (AvgIpc) is 2.79. The number of halogens is 1. The Balaban J connectivity index is 2.10. The van der Waals surface area contributed by atoms with E-state index in [9.17, 15) is 4.79 Å². The maximum Gasteiger partial charge on any atom is 0.185 e. The number of aromatic nitrogens is 2. The van der Waals surface area contributed by atoms with Gasteiger partial charge in [0.2, 0.25) is 0 Å². The molecular formula is C13H20ClN3O. The molecule has 0 saturated heterocycles. The molecule has 1 aliphatic rings. The molecule has 1 aliphatic carbocycles. The Kier molecular flexibility index (Phi) is 4.40. The molecule has 2 N–H and O–H groups in total. The SMILES string of the molecule is CCn1ncc(Cl)c1C(=O)C1CCC(CN)CC1. The predicted octanol–water partition coefficient (Wildman–Crippen LogP) is 2.50. The van der Waals surface area contributed by atoms with Gasteiger partial charge >= 0.3 is 0 Å². The first-order chi connectivity index (χ1) is 8.67. The minimum Gasteiger partial charge on any atom is -0.330 e. The van der Waals surface area contributed by atoms with Crippen molar-refractivity contribution < 1.29 is 4.79 Å². The lowest BCUT2D eigenvalue weighted by Gasteiger charge is -2.26. The van der Waals surface area contributed by atoms with Crippen molar-refractivity contribution in [3.05, 3.63) is 16.9 Å². The highest BCUT2D eigenvalue weighted by Gasteiger charge is 2.29. The molecule has 0 atom stereocenters. The van der Waals surface area contributed by atoms with Crippen LogP contribution in [0.15, 0.2) is 6.20 Å². The van der Waals surface area contributed by atoms with Crippen molar-refractivity contribution in [3.63, 3.8) is 0 Å². The second-order valence-electron chi connectivity index (χ2n) is 4.97. The van der Waals surface area contributed by atoms with E-state index in [1.54, 1.807) is 10.9 Å². The van der Waals surface area contributed by atoms with Crippen molar-refractivity contribution in [2.24, 2.45) is 17.6 Å². The summed E-state index contributed by atoms with van der Waals surface area (Å²) in [5.41, 5.74) is 6.25. The van der Waals surface area contributed by atoms with E-state index in [0.717, 1.165) is 32.2 Å². The van der Waals surface area contributed by atoms with Crippen molar-refractivity contribution in [1.82, 2.24) is 9.78 Å². The van der Waals surface area contributed by atoms with Gasteiger partial charge in [-0.3, -0.25) is 9.48 Å². The summed E-state index contributed by atoms with van der Waals surface area (Å²) >= 11 is 6.07. The van der Waals surface area contributed by atoms with Crippen molar-refractivity contribution in [3.8, 4) is 0 Å². The molecule has 0 amide bonds. The topological polar surface area (TPSA) is 60.9 Å². The maximum atomic E-state index is 12.5. The second kappa shape index (κ2) is 5.85. The summed E-state index contributed by atoms with van der Waals surface area (Å²) in [6, 6.07) is 0. The highest BCUT2D eigenvalue weighted by atomic mass is 35.5. The number of hydrogen-bond donors (Lipinski definition) is 1. The van der Waals surface area contributed by atoms with E-state index in [-0.39, 0.29) is 11.7 Å². The number of carbonyl (C=O) groups is 1. The number of rotatable bonds is 4. The fourth-order valence-corrected chi connectivity index (χ4v) is 2.94. The van der Waals surface area contributed by atoms with Gasteiger partial charge in [-0.05, 0) is 45.1 Å². The van der Waals surface area contributed by atoms with Crippen LogP contribution in [0.25, 0.3) is 0 Å². The first-order valence-electron chi connectivity index (χ1n) is 6.63. The molecular weight excluding hydrogens is 250 g/mol. The van der Waals surface area contributed by atoms with Gasteiger partial charge in [0.15, 0.2) is 5.78 Å². The third kappa shape index (κ3) is 2.59. The first kappa shape index (κ1) is 13.6. The van der Waals surface area contributed by atoms with E-state index in [4.69, 9.17) is 17.3 Å². The van der Waals surface area contributed by atoms with Crippen LogP contribution in [0.2, 0.25) is 5.02 Å². The fraction of sp³-hybridized carbons (Fsp3) is 0.692. The summed E-state index contributed by atoms with van der Waals surface area (Å²) in [6.45, 7) is 3.37. The van der Waals surface area contributed by atoms with Gasteiger partial charge in [-0.2, -0.15) is 5.10 Å². The molecule has 0 radical (unpaired) electrons. The lowest BCUT2D eigenvalue weighted by Crippen LogP contribution is -2.27. The summed E-state index contributed by atoms with van der Waals surface area (Å²) in [4.78, 5) is 12.5. The summed E-state index contributed by atoms with van der Waals surface area (Å²) in [5, 5.41) is 4.60. The third-order valence-corrected chi connectivity index (χ3v) is 4.16. The molecule has 100 valence electrons. The van der Waals surface area contributed by atoms with Crippen molar-refractivity contribution in [1.29, 1.82) is 0 Å². The molecule has 2 rings (SSSR count). The van der Waals surface area contributed by atoms with Crippen molar-refractivity contribution in [2.45, 2.75) is 39.2 Å². The third-order valence-electron chi connectivity index (χ3n) is 3.88. The quantitative estimate of drug-likeness (QED) is 0.855. The summed E-state index contributed by atoms with van der Waals surface area (Å²) < 4.78 is 1.69. The zero-order valence-corrected chi connectivity index (χ0v) is 11.5. The van der Waals surface area contributed by atoms with Crippen LogP contribution in [-0.4, -0.2) is 22.1 Å². The molecule has 1 fully saturated rings. The van der Waals surface area contributed by atoms with Gasteiger partial charge in [0.25, 0.3) is 0 Å². The molecule has 1 aromatic rings. The smallest absolute Gasteiger partial charge is 0.185 e. The van der Waals surface area contributed by atoms with Crippen LogP contribution < -0.4 is 5.73 Å². The maximum absolute atomic E-state index is 12.5. The van der Waals surface area contributed by atoms with E-state index in [0.29, 0.717) is 23.2 Å². The summed E-state index contributed by atoms with van der Waals surface area (Å²) in [7, 11) is 0. The van der Waals surface area contributed by atoms with Crippen LogP contribution in [0.5, 0.6) is 0 Å². The molecule has 4 nitrogen and oxygen atoms in total. The van der Waals surface area contributed by atoms with Gasteiger partial charge in [0.05, 0.1) is 11.2 Å². The highest BCUT2D eigenvalue weighted by molar-refractivity contribution is 6.33. The number of ketones is 1. The number of carbonyl (C=O) groups excluding carboxylic acids is 1. The van der Waals surface area contributed by atoms with E-state index in [1.807, 2.05) is 6.92 Å². The zero-order valence-electron chi connectivity index (χ0n) is 10.7. The summed E-state index contributed by atoms with van der Waals surface area (Å²) in [6.07, 6.45) is 5.50. The molecule has 0 aromatic carbocycles. The molecule has 1 aromatic heterocycles. The molecule has 0 aliphatic heterocycles. The summed E-state index contributed by atoms with van der Waals surface area (Å²) in [5.74, 6) is 0.822. The van der Waals surface area contributed by atoms with Crippen LogP contribution in [0.4, 0.5) is 0 Å². The number of hydrogen-bond acceptors (Lipinski definition) is 3. The van der Waals surface area contributed by atoms with Crippen LogP contribution in [0.3, 0.4) is 0 Å². The minimum absolute atomic E-state index is 0.0901. The lowest BCUT2D eigenvalue weighted by atomic mass is 9.79. The Bertz CT molecular complexity index is 422. The molecule has 0 bridgehead atoms. The largest absolute Gasteiger partial charge is 0.330 e. The van der Waals surface area contributed by atoms with Crippen LogP contribution in [0.1, 0.15) is 43.1 Å². The molecule has 0 unspecified atom stereocenters. The zero-order chi connectivity index (χ0) is 13.1. The Labute approximate surface area is 112 Å². The fourth-order valence-electron chi connectivity index (χ4n) is 2.70. The van der Waals surface area contributed by atoms with Gasteiger partial charge in [-0.1, -0.05) is 11.6 Å². The second-order valence-corrected chi connectivity index (χ2v) is 5.38. The molecule has 1 saturated carbocycles. The van der Waals surface area contributed by atoms with E-state index in [1.165, 1.54) is 0 Å². The normalized spacial score (nSPS) is 24.2. The predicted molar refractivity (Wildman–Crippen MR) is 71.7 cm³/mol. The number of Topliss-reactive ketones (excluding diaryl/α,β-unsaturated/α-hetero) is 1. The van der Waals surface area contributed by atoms with Crippen LogP contribution in [0, 0.1) is 11.8 Å². The minimum atomic E-state index is 0.0901. The Morgan fingerprint density at radius 1 is 1.50 bits per heavy atom. The van der Waals surface area contributed by atoms with Gasteiger partial charge < -0.3 is 5.73 Å². The van der Waals surface area contributed by atoms with Crippen LogP contribution in [-0.2, 0) is 6.54 Å². The highest BCUT2D eigenvalue weighted by Crippen LogP contribution is 2.32. The van der Waals surface area contributed by atoms with Gasteiger partial charge in [0.1, 0.15) is 5.69 Å².